The molecule has 2 aliphatic heterocycles. The highest BCUT2D eigenvalue weighted by molar-refractivity contribution is 9.10. The molecular weight excluding hydrogens is 524 g/mol. The van der Waals surface area contributed by atoms with Gasteiger partial charge in [0.25, 0.3) is 0 Å². The molecule has 6 nitrogen and oxygen atoms in total. The Labute approximate surface area is 217 Å². The molecular formula is C27H23BrN4O2S. The molecule has 0 N–H and O–H groups in total. The molecule has 176 valence electrons. The van der Waals surface area contributed by atoms with Crippen molar-refractivity contribution >= 4 is 55.8 Å². The van der Waals surface area contributed by atoms with Gasteiger partial charge in [0, 0.05) is 10.0 Å². The quantitative estimate of drug-likeness (QED) is 0.350. The lowest BCUT2D eigenvalue weighted by atomic mass is 10.1. The van der Waals surface area contributed by atoms with Gasteiger partial charge in [-0.05, 0) is 74.2 Å². The molecule has 0 bridgehead atoms. The number of carbonyl (C=O) groups is 1. The maximum atomic E-state index is 12.8. The van der Waals surface area contributed by atoms with Crippen LogP contribution in [0.2, 0.25) is 0 Å². The monoisotopic (exact) mass is 546 g/mol. The Bertz CT molecular complexity index is 1320. The molecule has 0 saturated carbocycles. The summed E-state index contributed by atoms with van der Waals surface area (Å²) in [6.07, 6.45) is 4.03. The van der Waals surface area contributed by atoms with Crippen molar-refractivity contribution in [3.63, 3.8) is 0 Å². The van der Waals surface area contributed by atoms with Crippen LogP contribution in [-0.2, 0) is 9.53 Å². The number of hydrogen-bond donors (Lipinski definition) is 0. The molecule has 1 atom stereocenters. The third kappa shape index (κ3) is 4.51. The van der Waals surface area contributed by atoms with Gasteiger partial charge < -0.3 is 4.74 Å². The maximum Gasteiger partial charge on any atom is 0.365 e. The van der Waals surface area contributed by atoms with E-state index in [4.69, 9.17) is 14.9 Å². The number of ether oxygens (including phenoxy) is 1. The van der Waals surface area contributed by atoms with Crippen LogP contribution in [-0.4, -0.2) is 28.3 Å². The van der Waals surface area contributed by atoms with Gasteiger partial charge in [0.2, 0.25) is 10.0 Å². The van der Waals surface area contributed by atoms with Crippen molar-refractivity contribution in [2.24, 2.45) is 10.2 Å². The molecule has 2 aliphatic rings. The van der Waals surface area contributed by atoms with Crippen LogP contribution in [0.15, 0.2) is 106 Å². The summed E-state index contributed by atoms with van der Waals surface area (Å²) in [5, 5.41) is 13.9. The van der Waals surface area contributed by atoms with Gasteiger partial charge in [-0.2, -0.15) is 10.2 Å². The summed E-state index contributed by atoms with van der Waals surface area (Å²) in [6, 6.07) is 26.0. The highest BCUT2D eigenvalue weighted by Crippen LogP contribution is 2.48. The molecule has 2 heterocycles. The number of halogens is 1. The van der Waals surface area contributed by atoms with E-state index in [1.165, 1.54) is 11.8 Å². The molecule has 0 unspecified atom stereocenters. The minimum atomic E-state index is -0.933. The summed E-state index contributed by atoms with van der Waals surface area (Å²) in [7, 11) is 0. The summed E-state index contributed by atoms with van der Waals surface area (Å²) in [5.41, 5.74) is 4.64. The molecule has 0 saturated heterocycles. The fourth-order valence-electron chi connectivity index (χ4n) is 3.87. The number of carbonyl (C=O) groups excluding carboxylic acids is 1. The Morgan fingerprint density at radius 1 is 0.943 bits per heavy atom. The standard InChI is InChI=1S/C27H23BrN4O2S/c1-3-34-26(33)25-30-32(23-15-9-19(2)10-16-23)27(35-25)18-17-24(20-11-13-21(28)14-12-20)29-31(27)22-7-5-4-6-8-22/h4-18H,3H2,1-2H3/t27-/m0/s1. The summed E-state index contributed by atoms with van der Waals surface area (Å²) in [5.74, 6) is -0.449. The maximum absolute atomic E-state index is 12.8. The van der Waals surface area contributed by atoms with E-state index in [1.807, 2.05) is 108 Å². The van der Waals surface area contributed by atoms with E-state index in [-0.39, 0.29) is 11.7 Å². The number of nitrogens with zero attached hydrogens (tertiary/aromatic N) is 4. The van der Waals surface area contributed by atoms with Crippen LogP contribution >= 0.6 is 27.7 Å². The van der Waals surface area contributed by atoms with Gasteiger partial charge in [-0.3, -0.25) is 0 Å². The van der Waals surface area contributed by atoms with Crippen LogP contribution in [0, 0.1) is 6.92 Å². The molecule has 35 heavy (non-hydrogen) atoms. The smallest absolute Gasteiger partial charge is 0.365 e. The van der Waals surface area contributed by atoms with Gasteiger partial charge in [-0.1, -0.05) is 64.0 Å². The first-order valence-electron chi connectivity index (χ1n) is 11.2. The molecule has 3 aromatic carbocycles. The van der Waals surface area contributed by atoms with E-state index in [0.29, 0.717) is 0 Å². The minimum Gasteiger partial charge on any atom is -0.461 e. The van der Waals surface area contributed by atoms with Gasteiger partial charge >= 0.3 is 5.97 Å². The van der Waals surface area contributed by atoms with E-state index in [9.17, 15) is 4.79 Å². The van der Waals surface area contributed by atoms with Gasteiger partial charge in [0.1, 0.15) is 0 Å². The zero-order valence-corrected chi connectivity index (χ0v) is 21.7. The summed E-state index contributed by atoms with van der Waals surface area (Å²) in [4.78, 5) is 11.8. The van der Waals surface area contributed by atoms with Gasteiger partial charge in [-0.25, -0.2) is 14.8 Å². The first kappa shape index (κ1) is 23.4. The van der Waals surface area contributed by atoms with Crippen LogP contribution in [0.1, 0.15) is 18.1 Å². The molecule has 0 fully saturated rings. The first-order chi connectivity index (χ1) is 17.0. The molecule has 8 heteroatoms. The van der Waals surface area contributed by atoms with Crippen molar-refractivity contribution in [3.05, 3.63) is 107 Å². The van der Waals surface area contributed by atoms with Crippen molar-refractivity contribution in [2.45, 2.75) is 18.8 Å². The summed E-state index contributed by atoms with van der Waals surface area (Å²) < 4.78 is 6.31. The van der Waals surface area contributed by atoms with Crippen molar-refractivity contribution in [3.8, 4) is 0 Å². The molecule has 0 radical (unpaired) electrons. The Morgan fingerprint density at radius 2 is 1.60 bits per heavy atom. The Hall–Kier alpha value is -3.36. The Balaban J connectivity index is 1.65. The number of thioether (sulfide) groups is 1. The number of rotatable bonds is 5. The normalized spacial score (nSPS) is 19.1. The predicted molar refractivity (Wildman–Crippen MR) is 147 cm³/mol. The van der Waals surface area contributed by atoms with Crippen LogP contribution in [0.3, 0.4) is 0 Å². The van der Waals surface area contributed by atoms with Gasteiger partial charge in [0.05, 0.1) is 23.7 Å². The third-order valence-electron chi connectivity index (χ3n) is 5.58. The SMILES string of the molecule is CCOC(=O)C1=NN(c2ccc(C)cc2)[C@@]2(C=CC(c3ccc(Br)cc3)=NN2c2ccccc2)S1. The highest BCUT2D eigenvalue weighted by atomic mass is 79.9. The molecule has 0 aromatic heterocycles. The van der Waals surface area contributed by atoms with Crippen LogP contribution in [0.25, 0.3) is 0 Å². The van der Waals surface area contributed by atoms with E-state index >= 15 is 0 Å². The number of benzene rings is 3. The number of para-hydroxylation sites is 1. The summed E-state index contributed by atoms with van der Waals surface area (Å²) in [6.45, 7) is 4.11. The Morgan fingerprint density at radius 3 is 2.29 bits per heavy atom. The minimum absolute atomic E-state index is 0.278. The van der Waals surface area contributed by atoms with Crippen LogP contribution < -0.4 is 10.0 Å². The lowest BCUT2D eigenvalue weighted by Gasteiger charge is -2.43. The van der Waals surface area contributed by atoms with Gasteiger partial charge in [0.15, 0.2) is 0 Å². The van der Waals surface area contributed by atoms with E-state index in [2.05, 4.69) is 15.9 Å². The van der Waals surface area contributed by atoms with Crippen molar-refractivity contribution in [1.29, 1.82) is 0 Å². The summed E-state index contributed by atoms with van der Waals surface area (Å²) >= 11 is 4.82. The fraction of sp³-hybridized carbons (Fsp3) is 0.148. The lowest BCUT2D eigenvalue weighted by molar-refractivity contribution is -0.134. The Kier molecular flexibility index (Phi) is 6.49. The number of esters is 1. The average Bonchev–Trinajstić information content (AvgIpc) is 3.26. The predicted octanol–water partition coefficient (Wildman–Crippen LogP) is 6.32. The third-order valence-corrected chi connectivity index (χ3v) is 7.33. The second-order valence-electron chi connectivity index (χ2n) is 8.01. The molecule has 0 amide bonds. The number of aryl methyl sites for hydroxylation is 1. The number of allylic oxidation sites excluding steroid dienone is 1. The number of hydrazone groups is 2. The van der Waals surface area contributed by atoms with E-state index in [1.54, 1.807) is 6.92 Å². The van der Waals surface area contributed by atoms with Crippen molar-refractivity contribution in [1.82, 2.24) is 0 Å². The molecule has 1 spiro atoms. The van der Waals surface area contributed by atoms with Crippen LogP contribution in [0.4, 0.5) is 11.4 Å². The molecule has 5 rings (SSSR count). The molecule has 0 aliphatic carbocycles. The second kappa shape index (κ2) is 9.71. The van der Waals surface area contributed by atoms with Crippen molar-refractivity contribution in [2.75, 3.05) is 16.6 Å². The van der Waals surface area contributed by atoms with Gasteiger partial charge in [-0.15, -0.1) is 0 Å². The second-order valence-corrected chi connectivity index (χ2v) is 10.1. The highest BCUT2D eigenvalue weighted by Gasteiger charge is 2.51. The van der Waals surface area contributed by atoms with Crippen molar-refractivity contribution < 1.29 is 9.53 Å². The first-order valence-corrected chi connectivity index (χ1v) is 12.8. The number of hydrogen-bond acceptors (Lipinski definition) is 7. The molecule has 3 aromatic rings. The largest absolute Gasteiger partial charge is 0.461 e. The van der Waals surface area contributed by atoms with Crippen LogP contribution in [0.5, 0.6) is 0 Å². The lowest BCUT2D eigenvalue weighted by Crippen LogP contribution is -2.53. The topological polar surface area (TPSA) is 57.5 Å². The zero-order chi connectivity index (χ0) is 24.4. The number of anilines is 2. The average molecular weight is 547 g/mol. The zero-order valence-electron chi connectivity index (χ0n) is 19.3. The van der Waals surface area contributed by atoms with E-state index < -0.39 is 11.0 Å². The fourth-order valence-corrected chi connectivity index (χ4v) is 5.28. The van der Waals surface area contributed by atoms with E-state index in [0.717, 1.165) is 32.7 Å².